The highest BCUT2D eigenvalue weighted by Gasteiger charge is 2.36. The number of halogens is 2. The number of likely N-dealkylation sites (tertiary alicyclic amines) is 1. The third-order valence-electron chi connectivity index (χ3n) is 5.33. The highest BCUT2D eigenvalue weighted by atomic mass is 32.2. The fourth-order valence-corrected chi connectivity index (χ4v) is 5.76. The second kappa shape index (κ2) is 8.06. The number of sulfone groups is 1. The van der Waals surface area contributed by atoms with E-state index in [4.69, 9.17) is 0 Å². The van der Waals surface area contributed by atoms with Crippen molar-refractivity contribution in [1.82, 2.24) is 14.8 Å². The van der Waals surface area contributed by atoms with Gasteiger partial charge in [-0.3, -0.25) is 4.79 Å². The van der Waals surface area contributed by atoms with Crippen molar-refractivity contribution < 1.29 is 26.8 Å². The monoisotopic (exact) mass is 458 g/mol. The first-order chi connectivity index (χ1) is 14.2. The number of aromatic nitrogens is 1. The number of nitrogens with zero attached hydrogens (tertiary/aromatic N) is 3. The highest BCUT2D eigenvalue weighted by molar-refractivity contribution is 7.91. The Kier molecular flexibility index (Phi) is 5.62. The molecular formula is C18H20F2N4O4S2. The second-order valence-corrected chi connectivity index (χ2v) is 10.7. The summed E-state index contributed by atoms with van der Waals surface area (Å²) >= 11 is 1.02. The molecule has 3 amide bonds. The maximum atomic E-state index is 13.4. The Labute approximate surface area is 175 Å². The molecule has 3 heterocycles. The molecule has 0 spiro atoms. The number of hydrogen-bond acceptors (Lipinski definition) is 6. The number of nitrogens with one attached hydrogen (secondary N) is 1. The van der Waals surface area contributed by atoms with E-state index in [1.807, 2.05) is 0 Å². The second-order valence-electron chi connectivity index (χ2n) is 7.37. The molecule has 2 aliphatic heterocycles. The summed E-state index contributed by atoms with van der Waals surface area (Å²) in [5.74, 6) is -2.59. The van der Waals surface area contributed by atoms with Gasteiger partial charge in [0.1, 0.15) is 6.04 Å². The summed E-state index contributed by atoms with van der Waals surface area (Å²) in [4.78, 5) is 32.9. The molecule has 2 aliphatic rings. The number of rotatable bonds is 2. The first-order valence-corrected chi connectivity index (χ1v) is 12.2. The number of carbonyl (C=O) groups is 2. The Morgan fingerprint density at radius 1 is 1.10 bits per heavy atom. The summed E-state index contributed by atoms with van der Waals surface area (Å²) in [5, 5.41) is 2.85. The van der Waals surface area contributed by atoms with E-state index in [0.29, 0.717) is 17.7 Å². The minimum Gasteiger partial charge on any atom is -0.323 e. The van der Waals surface area contributed by atoms with E-state index in [2.05, 4.69) is 10.3 Å². The van der Waals surface area contributed by atoms with Crippen molar-refractivity contribution in [2.45, 2.75) is 25.3 Å². The number of carbonyl (C=O) groups excluding carboxylic acids is 2. The van der Waals surface area contributed by atoms with Gasteiger partial charge in [-0.25, -0.2) is 27.0 Å². The molecule has 1 atom stereocenters. The van der Waals surface area contributed by atoms with E-state index in [9.17, 15) is 26.8 Å². The van der Waals surface area contributed by atoms with Crippen molar-refractivity contribution in [2.75, 3.05) is 36.5 Å². The number of anilines is 1. The van der Waals surface area contributed by atoms with Crippen molar-refractivity contribution in [3.05, 3.63) is 23.8 Å². The molecule has 4 rings (SSSR count). The number of urea groups is 1. The van der Waals surface area contributed by atoms with Gasteiger partial charge in [0.2, 0.25) is 5.91 Å². The van der Waals surface area contributed by atoms with E-state index in [1.54, 1.807) is 0 Å². The number of fused-ring (bicyclic) bond motifs is 1. The molecule has 162 valence electrons. The van der Waals surface area contributed by atoms with Gasteiger partial charge in [0.25, 0.3) is 0 Å². The van der Waals surface area contributed by atoms with Crippen LogP contribution in [0, 0.1) is 11.6 Å². The average Bonchev–Trinajstić information content (AvgIpc) is 3.08. The van der Waals surface area contributed by atoms with E-state index in [-0.39, 0.29) is 41.3 Å². The molecule has 0 saturated carbocycles. The minimum absolute atomic E-state index is 0.0811. The van der Waals surface area contributed by atoms with Crippen LogP contribution in [-0.4, -0.2) is 72.3 Å². The Balaban J connectivity index is 1.48. The van der Waals surface area contributed by atoms with Gasteiger partial charge in [-0.1, -0.05) is 11.3 Å². The van der Waals surface area contributed by atoms with Crippen LogP contribution in [0.4, 0.5) is 18.7 Å². The molecule has 0 unspecified atom stereocenters. The molecule has 0 bridgehead atoms. The third kappa shape index (κ3) is 4.24. The van der Waals surface area contributed by atoms with Gasteiger partial charge in [0, 0.05) is 25.7 Å². The van der Waals surface area contributed by atoms with Crippen molar-refractivity contribution >= 4 is 48.5 Å². The van der Waals surface area contributed by atoms with Gasteiger partial charge in [0.15, 0.2) is 26.6 Å². The SMILES string of the molecule is O=C(Nc1nc2cc(F)c(F)cc2s1)[C@@H]1CCCCN1C(=O)N1CCS(=O)(=O)CC1. The van der Waals surface area contributed by atoms with Gasteiger partial charge < -0.3 is 15.1 Å². The first-order valence-electron chi connectivity index (χ1n) is 9.56. The summed E-state index contributed by atoms with van der Waals surface area (Å²) in [6, 6.07) is 0.930. The van der Waals surface area contributed by atoms with Crippen LogP contribution in [0.3, 0.4) is 0 Å². The van der Waals surface area contributed by atoms with Crippen LogP contribution in [-0.2, 0) is 14.6 Å². The van der Waals surface area contributed by atoms with Gasteiger partial charge in [-0.05, 0) is 25.3 Å². The van der Waals surface area contributed by atoms with Gasteiger partial charge in [-0.15, -0.1) is 0 Å². The van der Waals surface area contributed by atoms with Crippen LogP contribution >= 0.6 is 11.3 Å². The van der Waals surface area contributed by atoms with Gasteiger partial charge in [-0.2, -0.15) is 0 Å². The zero-order chi connectivity index (χ0) is 21.5. The van der Waals surface area contributed by atoms with Crippen LogP contribution in [0.25, 0.3) is 10.2 Å². The normalized spacial score (nSPS) is 21.6. The topological polar surface area (TPSA) is 99.7 Å². The predicted octanol–water partition coefficient (Wildman–Crippen LogP) is 2.22. The van der Waals surface area contributed by atoms with Crippen molar-refractivity contribution in [3.63, 3.8) is 0 Å². The lowest BCUT2D eigenvalue weighted by molar-refractivity contribution is -0.121. The van der Waals surface area contributed by atoms with E-state index >= 15 is 0 Å². The molecule has 1 aromatic heterocycles. The number of thiazole rings is 1. The minimum atomic E-state index is -3.12. The van der Waals surface area contributed by atoms with Gasteiger partial charge >= 0.3 is 6.03 Å². The molecule has 0 radical (unpaired) electrons. The Morgan fingerprint density at radius 3 is 2.53 bits per heavy atom. The number of hydrogen-bond donors (Lipinski definition) is 1. The smallest absolute Gasteiger partial charge is 0.320 e. The maximum absolute atomic E-state index is 13.4. The molecule has 2 fully saturated rings. The zero-order valence-corrected chi connectivity index (χ0v) is 17.6. The largest absolute Gasteiger partial charge is 0.323 e. The standard InChI is InChI=1S/C18H20F2N4O4S2/c19-11-9-13-15(10-12(11)20)29-17(21-13)22-16(25)14-3-1-2-4-24(14)18(26)23-5-7-30(27,28)8-6-23/h9-10,14H,1-8H2,(H,21,22,25)/t14-/m0/s1. The first kappa shape index (κ1) is 20.9. The number of amides is 3. The van der Waals surface area contributed by atoms with Crippen LogP contribution in [0.15, 0.2) is 12.1 Å². The average molecular weight is 459 g/mol. The lowest BCUT2D eigenvalue weighted by Gasteiger charge is -2.39. The van der Waals surface area contributed by atoms with E-state index in [0.717, 1.165) is 36.3 Å². The fourth-order valence-electron chi connectivity index (χ4n) is 3.68. The van der Waals surface area contributed by atoms with E-state index < -0.39 is 33.4 Å². The lowest BCUT2D eigenvalue weighted by Crippen LogP contribution is -2.56. The van der Waals surface area contributed by atoms with Crippen molar-refractivity contribution in [1.29, 1.82) is 0 Å². The maximum Gasteiger partial charge on any atom is 0.320 e. The van der Waals surface area contributed by atoms with E-state index in [1.165, 1.54) is 9.80 Å². The molecular weight excluding hydrogens is 438 g/mol. The van der Waals surface area contributed by atoms with Crippen LogP contribution in [0.5, 0.6) is 0 Å². The number of piperidine rings is 1. The molecule has 2 saturated heterocycles. The molecule has 12 heteroatoms. The Hall–Kier alpha value is -2.34. The summed E-state index contributed by atoms with van der Waals surface area (Å²) < 4.78 is 50.4. The summed E-state index contributed by atoms with van der Waals surface area (Å²) in [5.41, 5.74) is 0.236. The molecule has 1 aromatic carbocycles. The summed E-state index contributed by atoms with van der Waals surface area (Å²) in [6.45, 7) is 0.623. The third-order valence-corrected chi connectivity index (χ3v) is 7.87. The molecule has 8 nitrogen and oxygen atoms in total. The van der Waals surface area contributed by atoms with Gasteiger partial charge in [0.05, 0.1) is 21.7 Å². The Morgan fingerprint density at radius 2 is 1.80 bits per heavy atom. The predicted molar refractivity (Wildman–Crippen MR) is 108 cm³/mol. The van der Waals surface area contributed by atoms with Crippen LogP contribution in [0.1, 0.15) is 19.3 Å². The summed E-state index contributed by atoms with van der Waals surface area (Å²) in [6.07, 6.45) is 1.99. The molecule has 1 N–H and O–H groups in total. The van der Waals surface area contributed by atoms with Crippen molar-refractivity contribution in [3.8, 4) is 0 Å². The molecule has 0 aliphatic carbocycles. The van der Waals surface area contributed by atoms with Crippen molar-refractivity contribution in [2.24, 2.45) is 0 Å². The molecule has 30 heavy (non-hydrogen) atoms. The van der Waals surface area contributed by atoms with Crippen LogP contribution in [0.2, 0.25) is 0 Å². The highest BCUT2D eigenvalue weighted by Crippen LogP contribution is 2.29. The lowest BCUT2D eigenvalue weighted by atomic mass is 10.0. The molecule has 2 aromatic rings. The zero-order valence-electron chi connectivity index (χ0n) is 15.9. The quantitative estimate of drug-likeness (QED) is 0.744. The number of benzene rings is 1. The van der Waals surface area contributed by atoms with Crippen LogP contribution < -0.4 is 5.32 Å². The summed E-state index contributed by atoms with van der Waals surface area (Å²) in [7, 11) is -3.12. The fraction of sp³-hybridized carbons (Fsp3) is 0.500. The Bertz CT molecular complexity index is 1050.